The first-order valence-electron chi connectivity index (χ1n) is 9.12. The minimum absolute atomic E-state index is 0.00756. The summed E-state index contributed by atoms with van der Waals surface area (Å²) in [5.41, 5.74) is 0.666. The predicted octanol–water partition coefficient (Wildman–Crippen LogP) is 5.32. The minimum atomic E-state index is -3.92. The van der Waals surface area contributed by atoms with Crippen LogP contribution in [0, 0.1) is 19.8 Å². The monoisotopic (exact) mass is 402 g/mol. The molecular formula is C22H27O5P. The van der Waals surface area contributed by atoms with Gasteiger partial charge < -0.3 is 14.0 Å². The van der Waals surface area contributed by atoms with Crippen LogP contribution in [0.25, 0.3) is 0 Å². The number of benzene rings is 2. The third kappa shape index (κ3) is 4.20. The Morgan fingerprint density at radius 2 is 1.57 bits per heavy atom. The molecule has 0 aliphatic carbocycles. The number of hydrogen-bond donors (Lipinski definition) is 0. The number of hydrogen-bond acceptors (Lipinski definition) is 5. The third-order valence-electron chi connectivity index (χ3n) is 4.61. The van der Waals surface area contributed by atoms with Gasteiger partial charge in [0.05, 0.1) is 19.8 Å². The Balaban J connectivity index is 2.64. The van der Waals surface area contributed by atoms with Gasteiger partial charge in [-0.15, -0.1) is 0 Å². The highest BCUT2D eigenvalue weighted by Gasteiger charge is 2.43. The molecule has 0 fully saturated rings. The summed E-state index contributed by atoms with van der Waals surface area (Å²) in [6.45, 7) is 7.28. The molecule has 2 aromatic carbocycles. The lowest BCUT2D eigenvalue weighted by Gasteiger charge is -2.21. The molecule has 150 valence electrons. The first-order chi connectivity index (χ1) is 13.2. The molecule has 0 spiro atoms. The van der Waals surface area contributed by atoms with E-state index >= 15 is 0 Å². The van der Waals surface area contributed by atoms with Gasteiger partial charge >= 0.3 is 0 Å². The van der Waals surface area contributed by atoms with Gasteiger partial charge in [0.1, 0.15) is 11.5 Å². The van der Waals surface area contributed by atoms with Gasteiger partial charge in [-0.25, -0.2) is 0 Å². The van der Waals surface area contributed by atoms with Crippen LogP contribution in [0.3, 0.4) is 0 Å². The number of ether oxygens (including phenoxy) is 2. The Labute approximate surface area is 166 Å². The van der Waals surface area contributed by atoms with Crippen molar-refractivity contribution in [2.75, 3.05) is 20.4 Å². The summed E-state index contributed by atoms with van der Waals surface area (Å²) in [7, 11) is -0.990. The van der Waals surface area contributed by atoms with Gasteiger partial charge in [-0.3, -0.25) is 9.59 Å². The highest BCUT2D eigenvalue weighted by Crippen LogP contribution is 2.55. The molecule has 28 heavy (non-hydrogen) atoms. The van der Waals surface area contributed by atoms with E-state index in [1.54, 1.807) is 38.1 Å². The quantitative estimate of drug-likeness (QED) is 0.559. The largest absolute Gasteiger partial charge is 0.497 e. The van der Waals surface area contributed by atoms with Crippen LogP contribution in [0.1, 0.15) is 45.7 Å². The van der Waals surface area contributed by atoms with E-state index in [2.05, 4.69) is 0 Å². The fraction of sp³-hybridized carbons (Fsp3) is 0.364. The van der Waals surface area contributed by atoms with E-state index in [1.165, 1.54) is 20.3 Å². The van der Waals surface area contributed by atoms with Gasteiger partial charge in [-0.05, 0) is 43.0 Å². The second-order valence-corrected chi connectivity index (χ2v) is 9.92. The molecule has 0 heterocycles. The van der Waals surface area contributed by atoms with Crippen molar-refractivity contribution in [3.63, 3.8) is 0 Å². The van der Waals surface area contributed by atoms with Crippen molar-refractivity contribution in [3.05, 3.63) is 58.7 Å². The molecule has 1 unspecified atom stereocenters. The molecule has 0 aliphatic rings. The summed E-state index contributed by atoms with van der Waals surface area (Å²) in [5, 5.41) is 0. The first kappa shape index (κ1) is 21.9. The van der Waals surface area contributed by atoms with Crippen molar-refractivity contribution in [2.45, 2.75) is 27.7 Å². The first-order valence-corrected chi connectivity index (χ1v) is 11.0. The third-order valence-corrected chi connectivity index (χ3v) is 7.63. The topological polar surface area (TPSA) is 69.7 Å². The summed E-state index contributed by atoms with van der Waals surface area (Å²) in [6.07, 6.45) is 0.00756. The normalized spacial score (nSPS) is 13.1. The molecule has 0 saturated carbocycles. The maximum Gasteiger partial charge on any atom is 0.232 e. The molecule has 2 rings (SSSR count). The molecule has 0 amide bonds. The van der Waals surface area contributed by atoms with Gasteiger partial charge in [0, 0.05) is 17.8 Å². The van der Waals surface area contributed by atoms with E-state index in [4.69, 9.17) is 9.47 Å². The lowest BCUT2D eigenvalue weighted by molar-refractivity contribution is 0.103. The Hall–Kier alpha value is -2.39. The van der Waals surface area contributed by atoms with Gasteiger partial charge in [-0.2, -0.15) is 0 Å². The maximum absolute atomic E-state index is 14.0. The van der Waals surface area contributed by atoms with Crippen molar-refractivity contribution in [1.82, 2.24) is 0 Å². The number of carbonyl (C=O) groups is 2. The zero-order valence-corrected chi connectivity index (χ0v) is 18.1. The van der Waals surface area contributed by atoms with Crippen LogP contribution >= 0.6 is 7.14 Å². The van der Waals surface area contributed by atoms with E-state index in [1.807, 2.05) is 19.9 Å². The molecular weight excluding hydrogens is 375 g/mol. The lowest BCUT2D eigenvalue weighted by atomic mass is 10.0. The standard InChI is InChI=1S/C22H27O5P/c1-14(2)13-28(25,22(24)20-15(3)8-7-9-16(20)4)21(23)18-11-10-17(26-5)12-19(18)27-6/h7-12,14H,13H2,1-6H3. The Kier molecular flexibility index (Phi) is 6.84. The molecule has 0 saturated heterocycles. The SMILES string of the molecule is COc1ccc(C(=O)P(=O)(CC(C)C)C(=O)c2c(C)cccc2C)c(OC)c1. The summed E-state index contributed by atoms with van der Waals surface area (Å²) in [6, 6.07) is 10.1. The van der Waals surface area contributed by atoms with E-state index in [0.717, 1.165) is 0 Å². The van der Waals surface area contributed by atoms with Crippen LogP contribution in [0.5, 0.6) is 11.5 Å². The van der Waals surface area contributed by atoms with E-state index in [-0.39, 0.29) is 23.4 Å². The van der Waals surface area contributed by atoms with Crippen molar-refractivity contribution in [1.29, 1.82) is 0 Å². The van der Waals surface area contributed by atoms with Crippen molar-refractivity contribution < 1.29 is 23.6 Å². The smallest absolute Gasteiger partial charge is 0.232 e. The highest BCUT2D eigenvalue weighted by atomic mass is 31.2. The molecule has 0 radical (unpaired) electrons. The van der Waals surface area contributed by atoms with Gasteiger partial charge in [-0.1, -0.05) is 32.0 Å². The zero-order chi connectivity index (χ0) is 21.1. The lowest BCUT2D eigenvalue weighted by Crippen LogP contribution is -2.18. The number of methoxy groups -OCH3 is 2. The molecule has 1 atom stereocenters. The van der Waals surface area contributed by atoms with Crippen LogP contribution in [0.2, 0.25) is 0 Å². The van der Waals surface area contributed by atoms with Crippen LogP contribution < -0.4 is 9.47 Å². The van der Waals surface area contributed by atoms with Crippen LogP contribution in [-0.4, -0.2) is 31.4 Å². The predicted molar refractivity (Wildman–Crippen MR) is 111 cm³/mol. The molecule has 6 heteroatoms. The van der Waals surface area contributed by atoms with Crippen molar-refractivity contribution in [3.8, 4) is 11.5 Å². The van der Waals surface area contributed by atoms with E-state index in [0.29, 0.717) is 22.4 Å². The van der Waals surface area contributed by atoms with Crippen molar-refractivity contribution in [2.24, 2.45) is 5.92 Å². The van der Waals surface area contributed by atoms with Crippen LogP contribution in [-0.2, 0) is 4.57 Å². The number of carbonyl (C=O) groups excluding carboxylic acids is 2. The maximum atomic E-state index is 14.0. The zero-order valence-electron chi connectivity index (χ0n) is 17.2. The van der Waals surface area contributed by atoms with Crippen LogP contribution in [0.4, 0.5) is 0 Å². The van der Waals surface area contributed by atoms with E-state index < -0.39 is 18.2 Å². The van der Waals surface area contributed by atoms with Crippen molar-refractivity contribution >= 4 is 18.2 Å². The van der Waals surface area contributed by atoms with Gasteiger partial charge in [0.25, 0.3) is 0 Å². The second kappa shape index (κ2) is 8.74. The molecule has 0 aromatic heterocycles. The summed E-state index contributed by atoms with van der Waals surface area (Å²) in [4.78, 5) is 26.8. The average Bonchev–Trinajstić information content (AvgIpc) is 2.65. The molecule has 0 aliphatic heterocycles. The summed E-state index contributed by atoms with van der Waals surface area (Å²) in [5.74, 6) is 0.656. The van der Waals surface area contributed by atoms with Gasteiger partial charge in [0.2, 0.25) is 18.2 Å². The number of aryl methyl sites for hydroxylation is 2. The van der Waals surface area contributed by atoms with E-state index in [9.17, 15) is 14.2 Å². The summed E-state index contributed by atoms with van der Waals surface area (Å²) < 4.78 is 24.4. The highest BCUT2D eigenvalue weighted by molar-refractivity contribution is 7.95. The number of rotatable bonds is 8. The van der Waals surface area contributed by atoms with Gasteiger partial charge in [0.15, 0.2) is 0 Å². The fourth-order valence-corrected chi connectivity index (χ4v) is 6.11. The Morgan fingerprint density at radius 3 is 2.07 bits per heavy atom. The fourth-order valence-electron chi connectivity index (χ4n) is 3.27. The molecule has 2 aromatic rings. The minimum Gasteiger partial charge on any atom is -0.497 e. The molecule has 0 bridgehead atoms. The molecule has 5 nitrogen and oxygen atoms in total. The Morgan fingerprint density at radius 1 is 0.964 bits per heavy atom. The average molecular weight is 402 g/mol. The Bertz CT molecular complexity index is 926. The molecule has 0 N–H and O–H groups in total. The summed E-state index contributed by atoms with van der Waals surface area (Å²) >= 11 is 0. The second-order valence-electron chi connectivity index (χ2n) is 7.26. The van der Waals surface area contributed by atoms with Crippen LogP contribution in [0.15, 0.2) is 36.4 Å².